The van der Waals surface area contributed by atoms with E-state index >= 15 is 0 Å². The molecule has 5 nitrogen and oxygen atoms in total. The van der Waals surface area contributed by atoms with Gasteiger partial charge in [-0.05, 0) is 47.5 Å². The van der Waals surface area contributed by atoms with Crippen LogP contribution >= 0.6 is 34.7 Å². The summed E-state index contributed by atoms with van der Waals surface area (Å²) in [5.41, 5.74) is 1.56. The van der Waals surface area contributed by atoms with Gasteiger partial charge in [-0.25, -0.2) is 13.4 Å². The summed E-state index contributed by atoms with van der Waals surface area (Å²) >= 11 is 8.95. The Bertz CT molecular complexity index is 1120. The number of carbonyl (C=O) groups excluding carboxylic acids is 1. The highest BCUT2D eigenvalue weighted by atomic mass is 35.5. The Labute approximate surface area is 190 Å². The Kier molecular flexibility index (Phi) is 7.92. The van der Waals surface area contributed by atoms with Crippen LogP contribution in [0.5, 0.6) is 0 Å². The summed E-state index contributed by atoms with van der Waals surface area (Å²) in [6.45, 7) is 4.02. The molecule has 0 N–H and O–H groups in total. The number of hydrogen-bond donors (Lipinski definition) is 0. The van der Waals surface area contributed by atoms with Crippen molar-refractivity contribution < 1.29 is 13.2 Å². The van der Waals surface area contributed by atoms with Crippen LogP contribution in [-0.4, -0.2) is 34.7 Å². The fourth-order valence-corrected chi connectivity index (χ4v) is 7.13. The van der Waals surface area contributed by atoms with Gasteiger partial charge in [-0.1, -0.05) is 62.4 Å². The fourth-order valence-electron chi connectivity index (χ4n) is 3.14. The summed E-state index contributed by atoms with van der Waals surface area (Å²) < 4.78 is 30.2. The molecule has 2 aromatic carbocycles. The molecule has 0 saturated heterocycles. The number of nitrogens with zero attached hydrogens (tertiary/aromatic N) is 2. The molecule has 0 amide bonds. The SMILES string of the molecule is CCCC(C(=O)Cl)N(Cc1ccccc1)S(=O)(=O)c1ccc2nc(SCC)sc2c1. The normalized spacial score (nSPS) is 13.1. The zero-order valence-electron chi connectivity index (χ0n) is 16.7. The van der Waals surface area contributed by atoms with Gasteiger partial charge in [0.1, 0.15) is 0 Å². The highest BCUT2D eigenvalue weighted by molar-refractivity contribution is 8.01. The van der Waals surface area contributed by atoms with Crippen LogP contribution in [0.4, 0.5) is 0 Å². The van der Waals surface area contributed by atoms with Crippen LogP contribution in [-0.2, 0) is 21.4 Å². The predicted octanol–water partition coefficient (Wildman–Crippen LogP) is 5.53. The summed E-state index contributed by atoms with van der Waals surface area (Å²) in [6.07, 6.45) is 0.990. The van der Waals surface area contributed by atoms with Crippen LogP contribution in [0.25, 0.3) is 10.2 Å². The Morgan fingerprint density at radius 1 is 1.20 bits per heavy atom. The number of hydrogen-bond acceptors (Lipinski definition) is 6. The Hall–Kier alpha value is -1.45. The molecule has 0 spiro atoms. The van der Waals surface area contributed by atoms with Gasteiger partial charge in [-0.15, -0.1) is 11.3 Å². The van der Waals surface area contributed by atoms with Gasteiger partial charge in [0.05, 0.1) is 21.2 Å². The molecular formula is C21H23ClN2O3S3. The average molecular weight is 483 g/mol. The van der Waals surface area contributed by atoms with Gasteiger partial charge in [0.25, 0.3) is 0 Å². The van der Waals surface area contributed by atoms with E-state index in [-0.39, 0.29) is 11.4 Å². The number of aromatic nitrogens is 1. The smallest absolute Gasteiger partial charge is 0.244 e. The molecular weight excluding hydrogens is 460 g/mol. The number of thiazole rings is 1. The van der Waals surface area contributed by atoms with E-state index in [1.54, 1.807) is 30.0 Å². The first-order valence-corrected chi connectivity index (χ1v) is 13.3. The number of benzene rings is 2. The van der Waals surface area contributed by atoms with Crippen LogP contribution in [0.1, 0.15) is 32.3 Å². The second-order valence-electron chi connectivity index (χ2n) is 6.69. The lowest BCUT2D eigenvalue weighted by molar-refractivity contribution is -0.115. The van der Waals surface area contributed by atoms with Crippen LogP contribution in [0.2, 0.25) is 0 Å². The number of fused-ring (bicyclic) bond motifs is 1. The minimum absolute atomic E-state index is 0.0734. The monoisotopic (exact) mass is 482 g/mol. The van der Waals surface area contributed by atoms with Crippen LogP contribution in [0.3, 0.4) is 0 Å². The molecule has 0 bridgehead atoms. The van der Waals surface area contributed by atoms with E-state index in [1.165, 1.54) is 15.6 Å². The fraction of sp³-hybridized carbons (Fsp3) is 0.333. The highest BCUT2D eigenvalue weighted by Gasteiger charge is 2.35. The molecule has 0 aliphatic carbocycles. The molecule has 0 fully saturated rings. The number of halogens is 1. The van der Waals surface area contributed by atoms with Gasteiger partial charge in [0.2, 0.25) is 15.3 Å². The summed E-state index contributed by atoms with van der Waals surface area (Å²) in [7, 11) is -3.96. The Morgan fingerprint density at radius 2 is 1.93 bits per heavy atom. The number of sulfonamides is 1. The molecule has 0 saturated carbocycles. The van der Waals surface area contributed by atoms with E-state index in [9.17, 15) is 13.2 Å². The van der Waals surface area contributed by atoms with E-state index in [1.807, 2.05) is 44.2 Å². The lowest BCUT2D eigenvalue weighted by atomic mass is 10.1. The van der Waals surface area contributed by atoms with Crippen LogP contribution < -0.4 is 0 Å². The van der Waals surface area contributed by atoms with Gasteiger partial charge >= 0.3 is 0 Å². The maximum Gasteiger partial charge on any atom is 0.244 e. The van der Waals surface area contributed by atoms with Crippen molar-refractivity contribution in [1.29, 1.82) is 0 Å². The standard InChI is InChI=1S/C21H23ClN2O3S3/c1-3-8-18(20(22)25)24(14-15-9-6-5-7-10-15)30(26,27)16-11-12-17-19(13-16)29-21(23-17)28-4-2/h5-7,9-13,18H,3-4,8,14H2,1-2H3. The van der Waals surface area contributed by atoms with Gasteiger partial charge in [-0.3, -0.25) is 4.79 Å². The molecule has 30 heavy (non-hydrogen) atoms. The molecule has 160 valence electrons. The third-order valence-electron chi connectivity index (χ3n) is 4.57. The van der Waals surface area contributed by atoms with Crippen molar-refractivity contribution >= 4 is 60.2 Å². The third-order valence-corrected chi connectivity index (χ3v) is 8.71. The first-order chi connectivity index (χ1) is 14.4. The molecule has 1 aromatic heterocycles. The lowest BCUT2D eigenvalue weighted by Gasteiger charge is -2.28. The molecule has 0 radical (unpaired) electrons. The Morgan fingerprint density at radius 3 is 2.57 bits per heavy atom. The molecule has 3 aromatic rings. The maximum absolute atomic E-state index is 13.6. The topological polar surface area (TPSA) is 67.3 Å². The molecule has 0 aliphatic rings. The van der Waals surface area contributed by atoms with E-state index in [0.29, 0.717) is 12.8 Å². The largest absolute Gasteiger partial charge is 0.279 e. The van der Waals surface area contributed by atoms with Crippen molar-refractivity contribution in [1.82, 2.24) is 9.29 Å². The van der Waals surface area contributed by atoms with Gasteiger partial charge in [0, 0.05) is 6.54 Å². The van der Waals surface area contributed by atoms with Crippen molar-refractivity contribution in [3.8, 4) is 0 Å². The van der Waals surface area contributed by atoms with Crippen molar-refractivity contribution in [2.75, 3.05) is 5.75 Å². The molecule has 9 heteroatoms. The second-order valence-corrected chi connectivity index (χ2v) is 11.5. The van der Waals surface area contributed by atoms with Gasteiger partial charge in [-0.2, -0.15) is 4.31 Å². The first-order valence-electron chi connectivity index (χ1n) is 9.65. The zero-order chi connectivity index (χ0) is 21.7. The molecule has 0 aliphatic heterocycles. The van der Waals surface area contributed by atoms with Crippen molar-refractivity contribution in [2.45, 2.75) is 48.5 Å². The minimum Gasteiger partial charge on any atom is -0.279 e. The summed E-state index contributed by atoms with van der Waals surface area (Å²) in [4.78, 5) is 16.8. The highest BCUT2D eigenvalue weighted by Crippen LogP contribution is 2.32. The second kappa shape index (κ2) is 10.2. The maximum atomic E-state index is 13.6. The summed E-state index contributed by atoms with van der Waals surface area (Å²) in [5.74, 6) is 0.895. The molecule has 1 heterocycles. The van der Waals surface area contributed by atoms with Crippen molar-refractivity contribution in [3.05, 3.63) is 54.1 Å². The van der Waals surface area contributed by atoms with E-state index in [2.05, 4.69) is 4.98 Å². The minimum atomic E-state index is -3.96. The van der Waals surface area contributed by atoms with Crippen molar-refractivity contribution in [3.63, 3.8) is 0 Å². The number of rotatable bonds is 10. The van der Waals surface area contributed by atoms with Gasteiger partial charge < -0.3 is 0 Å². The summed E-state index contributed by atoms with van der Waals surface area (Å²) in [5, 5.41) is -0.670. The molecule has 1 atom stereocenters. The zero-order valence-corrected chi connectivity index (χ0v) is 20.0. The van der Waals surface area contributed by atoms with Crippen molar-refractivity contribution in [2.24, 2.45) is 0 Å². The quantitative estimate of drug-likeness (QED) is 0.280. The molecule has 3 rings (SSSR count). The number of thioether (sulfide) groups is 1. The first kappa shape index (κ1) is 23.2. The molecule has 1 unspecified atom stereocenters. The lowest BCUT2D eigenvalue weighted by Crippen LogP contribution is -2.43. The summed E-state index contributed by atoms with van der Waals surface area (Å²) in [6, 6.07) is 13.2. The van der Waals surface area contributed by atoms with E-state index in [4.69, 9.17) is 11.6 Å². The Balaban J connectivity index is 2.05. The van der Waals surface area contributed by atoms with E-state index in [0.717, 1.165) is 25.9 Å². The predicted molar refractivity (Wildman–Crippen MR) is 125 cm³/mol. The third kappa shape index (κ3) is 5.23. The number of carbonyl (C=O) groups is 1. The average Bonchev–Trinajstić information content (AvgIpc) is 3.13. The van der Waals surface area contributed by atoms with Gasteiger partial charge in [0.15, 0.2) is 4.34 Å². The van der Waals surface area contributed by atoms with Crippen LogP contribution in [0, 0.1) is 0 Å². The van der Waals surface area contributed by atoms with Crippen LogP contribution in [0.15, 0.2) is 57.8 Å². The van der Waals surface area contributed by atoms with E-state index < -0.39 is 21.3 Å².